The first-order valence-corrected chi connectivity index (χ1v) is 7.09. The summed E-state index contributed by atoms with van der Waals surface area (Å²) >= 11 is 0. The Kier molecular flexibility index (Phi) is 2.98. The molecule has 1 saturated carbocycles. The van der Waals surface area contributed by atoms with E-state index in [9.17, 15) is 9.59 Å². The summed E-state index contributed by atoms with van der Waals surface area (Å²) in [4.78, 5) is 27.9. The number of rotatable bonds is 3. The summed E-state index contributed by atoms with van der Waals surface area (Å²) < 4.78 is 0. The van der Waals surface area contributed by atoms with Gasteiger partial charge in [0, 0.05) is 5.69 Å². The molecule has 7 heteroatoms. The number of carboxylic acid groups (broad SMARTS) is 1. The normalized spacial score (nSPS) is 22.5. The second-order valence-electron chi connectivity index (χ2n) is 6.48. The number of aliphatic carboxylic acids is 1. The van der Waals surface area contributed by atoms with E-state index < -0.39 is 23.2 Å². The number of amides is 1. The Labute approximate surface area is 127 Å². The van der Waals surface area contributed by atoms with Crippen molar-refractivity contribution in [1.29, 1.82) is 0 Å². The highest BCUT2D eigenvalue weighted by molar-refractivity contribution is 6.04. The fraction of sp³-hybridized carbons (Fsp3) is 0.467. The van der Waals surface area contributed by atoms with E-state index in [4.69, 9.17) is 5.11 Å². The van der Waals surface area contributed by atoms with Gasteiger partial charge in [0.1, 0.15) is 0 Å². The van der Waals surface area contributed by atoms with Crippen molar-refractivity contribution in [3.63, 3.8) is 0 Å². The molecule has 22 heavy (non-hydrogen) atoms. The Bertz CT molecular complexity index is 793. The molecule has 116 valence electrons. The first-order valence-electron chi connectivity index (χ1n) is 7.09. The van der Waals surface area contributed by atoms with E-state index in [2.05, 4.69) is 20.5 Å². The SMILES string of the molecule is Cc1cc(C)c2c(NC(=O)[C@@H]3[C@H](C(=O)O)C3(C)C)n[nH]c2n1. The third kappa shape index (κ3) is 2.04. The maximum absolute atomic E-state index is 12.4. The Hall–Kier alpha value is -2.44. The van der Waals surface area contributed by atoms with E-state index in [0.717, 1.165) is 16.6 Å². The first kappa shape index (κ1) is 14.5. The van der Waals surface area contributed by atoms with E-state index in [1.165, 1.54) is 0 Å². The fourth-order valence-electron chi connectivity index (χ4n) is 3.25. The molecule has 0 bridgehead atoms. The zero-order valence-electron chi connectivity index (χ0n) is 12.9. The zero-order valence-corrected chi connectivity index (χ0v) is 12.9. The summed E-state index contributed by atoms with van der Waals surface area (Å²) in [5.41, 5.74) is 1.89. The topological polar surface area (TPSA) is 108 Å². The number of hydrogen-bond acceptors (Lipinski definition) is 4. The number of H-pyrrole nitrogens is 1. The standard InChI is InChI=1S/C15H18N4O3/c1-6-5-7(2)16-11-8(6)12(19-18-11)17-13(20)9-10(14(21)22)15(9,3)4/h5,9-10H,1-4H3,(H,21,22)(H2,16,17,18,19,20)/t9-,10+/m0/s1. The van der Waals surface area contributed by atoms with Crippen molar-refractivity contribution in [3.05, 3.63) is 17.3 Å². The Morgan fingerprint density at radius 3 is 2.59 bits per heavy atom. The van der Waals surface area contributed by atoms with Crippen molar-refractivity contribution < 1.29 is 14.7 Å². The molecule has 0 spiro atoms. The number of nitrogens with one attached hydrogen (secondary N) is 2. The number of carbonyl (C=O) groups is 2. The second-order valence-corrected chi connectivity index (χ2v) is 6.48. The molecule has 0 saturated heterocycles. The van der Waals surface area contributed by atoms with Gasteiger partial charge in [0.15, 0.2) is 11.5 Å². The highest BCUT2D eigenvalue weighted by atomic mass is 16.4. The molecule has 7 nitrogen and oxygen atoms in total. The number of aryl methyl sites for hydroxylation is 2. The van der Waals surface area contributed by atoms with Crippen molar-refractivity contribution in [2.75, 3.05) is 5.32 Å². The number of nitrogens with zero attached hydrogens (tertiary/aromatic N) is 2. The van der Waals surface area contributed by atoms with Crippen molar-refractivity contribution in [2.24, 2.45) is 17.3 Å². The van der Waals surface area contributed by atoms with Crippen LogP contribution in [0.3, 0.4) is 0 Å². The lowest BCUT2D eigenvalue weighted by Crippen LogP contribution is -2.18. The average molecular weight is 302 g/mol. The fourth-order valence-corrected chi connectivity index (χ4v) is 3.25. The molecule has 2 heterocycles. The molecule has 1 aliphatic carbocycles. The minimum Gasteiger partial charge on any atom is -0.481 e. The number of pyridine rings is 1. The summed E-state index contributed by atoms with van der Waals surface area (Å²) in [5, 5.41) is 19.6. The second kappa shape index (κ2) is 4.53. The Balaban J connectivity index is 1.89. The molecule has 2 aromatic rings. The molecule has 1 fully saturated rings. The predicted molar refractivity (Wildman–Crippen MR) is 80.4 cm³/mol. The van der Waals surface area contributed by atoms with Crippen LogP contribution in [0.25, 0.3) is 11.0 Å². The van der Waals surface area contributed by atoms with E-state index >= 15 is 0 Å². The minimum absolute atomic E-state index is 0.314. The van der Waals surface area contributed by atoms with Crippen molar-refractivity contribution in [1.82, 2.24) is 15.2 Å². The van der Waals surface area contributed by atoms with E-state index in [1.54, 1.807) is 13.8 Å². The largest absolute Gasteiger partial charge is 0.481 e. The molecule has 1 amide bonds. The third-order valence-corrected chi connectivity index (χ3v) is 4.47. The van der Waals surface area contributed by atoms with E-state index in [1.807, 2.05) is 19.9 Å². The van der Waals surface area contributed by atoms with Gasteiger partial charge in [0.2, 0.25) is 5.91 Å². The van der Waals surface area contributed by atoms with Crippen LogP contribution >= 0.6 is 0 Å². The highest BCUT2D eigenvalue weighted by Crippen LogP contribution is 2.58. The van der Waals surface area contributed by atoms with Crippen LogP contribution in [0.2, 0.25) is 0 Å². The molecule has 2 atom stereocenters. The Morgan fingerprint density at radius 2 is 2.00 bits per heavy atom. The van der Waals surface area contributed by atoms with Gasteiger partial charge in [-0.2, -0.15) is 5.10 Å². The van der Waals surface area contributed by atoms with Gasteiger partial charge in [-0.3, -0.25) is 14.7 Å². The molecule has 0 aliphatic heterocycles. The maximum Gasteiger partial charge on any atom is 0.307 e. The molecule has 0 unspecified atom stereocenters. The number of carboxylic acids is 1. The van der Waals surface area contributed by atoms with Gasteiger partial charge in [-0.05, 0) is 30.9 Å². The molecular weight excluding hydrogens is 284 g/mol. The molecule has 3 N–H and O–H groups in total. The monoisotopic (exact) mass is 302 g/mol. The number of fused-ring (bicyclic) bond motifs is 1. The summed E-state index contributed by atoms with van der Waals surface area (Å²) in [7, 11) is 0. The van der Waals surface area contributed by atoms with Crippen molar-refractivity contribution >= 4 is 28.7 Å². The number of hydrogen-bond donors (Lipinski definition) is 3. The lowest BCUT2D eigenvalue weighted by atomic mass is 10.1. The van der Waals surface area contributed by atoms with E-state index in [-0.39, 0.29) is 5.91 Å². The zero-order chi connectivity index (χ0) is 16.2. The smallest absolute Gasteiger partial charge is 0.307 e. The van der Waals surface area contributed by atoms with Gasteiger partial charge in [-0.25, -0.2) is 4.98 Å². The van der Waals surface area contributed by atoms with Gasteiger partial charge < -0.3 is 10.4 Å². The van der Waals surface area contributed by atoms with Crippen LogP contribution in [0, 0.1) is 31.1 Å². The van der Waals surface area contributed by atoms with Crippen LogP contribution in [-0.2, 0) is 9.59 Å². The third-order valence-electron chi connectivity index (χ3n) is 4.47. The van der Waals surface area contributed by atoms with Gasteiger partial charge >= 0.3 is 5.97 Å². The van der Waals surface area contributed by atoms with Crippen molar-refractivity contribution in [3.8, 4) is 0 Å². The van der Waals surface area contributed by atoms with E-state index in [0.29, 0.717) is 11.5 Å². The molecule has 0 radical (unpaired) electrons. The summed E-state index contributed by atoms with van der Waals surface area (Å²) in [6.07, 6.45) is 0. The number of carbonyl (C=O) groups excluding carboxylic acids is 1. The average Bonchev–Trinajstić information content (AvgIpc) is 2.76. The highest BCUT2D eigenvalue weighted by Gasteiger charge is 2.66. The van der Waals surface area contributed by atoms with Gasteiger partial charge in [-0.1, -0.05) is 13.8 Å². The van der Waals surface area contributed by atoms with Gasteiger partial charge in [0.25, 0.3) is 0 Å². The molecule has 3 rings (SSSR count). The van der Waals surface area contributed by atoms with Crippen LogP contribution in [0.15, 0.2) is 6.07 Å². The lowest BCUT2D eigenvalue weighted by molar-refractivity contribution is -0.140. The quantitative estimate of drug-likeness (QED) is 0.802. The van der Waals surface area contributed by atoms with Crippen LogP contribution < -0.4 is 5.32 Å². The van der Waals surface area contributed by atoms with Crippen LogP contribution in [0.4, 0.5) is 5.82 Å². The summed E-state index contributed by atoms with van der Waals surface area (Å²) in [6, 6.07) is 1.91. The predicted octanol–water partition coefficient (Wildman–Crippen LogP) is 1.87. The van der Waals surface area contributed by atoms with Crippen LogP contribution in [0.1, 0.15) is 25.1 Å². The number of aromatic amines is 1. The molecular formula is C15H18N4O3. The summed E-state index contributed by atoms with van der Waals surface area (Å²) in [5.74, 6) is -2.05. The van der Waals surface area contributed by atoms with Crippen LogP contribution in [0.5, 0.6) is 0 Å². The van der Waals surface area contributed by atoms with Gasteiger partial charge in [0.05, 0.1) is 17.2 Å². The first-order chi connectivity index (χ1) is 10.2. The molecule has 1 aliphatic rings. The molecule has 2 aromatic heterocycles. The summed E-state index contributed by atoms with van der Waals surface area (Å²) in [6.45, 7) is 7.38. The van der Waals surface area contributed by atoms with Crippen LogP contribution in [-0.4, -0.2) is 32.2 Å². The molecule has 0 aromatic carbocycles. The van der Waals surface area contributed by atoms with Crippen molar-refractivity contribution in [2.45, 2.75) is 27.7 Å². The minimum atomic E-state index is -0.939. The number of anilines is 1. The number of aromatic nitrogens is 3. The lowest BCUT2D eigenvalue weighted by Gasteiger charge is -2.05. The van der Waals surface area contributed by atoms with Gasteiger partial charge in [-0.15, -0.1) is 0 Å². The Morgan fingerprint density at radius 1 is 1.32 bits per heavy atom. The maximum atomic E-state index is 12.4.